The molecule has 6 heteroatoms. The zero-order chi connectivity index (χ0) is 13.8. The Morgan fingerprint density at radius 3 is 2.89 bits per heavy atom. The van der Waals surface area contributed by atoms with Crippen LogP contribution in [0.1, 0.15) is 23.2 Å². The normalized spacial score (nSPS) is 20.4. The monoisotopic (exact) mass is 265 g/mol. The number of carbonyl (C=O) groups is 1. The van der Waals surface area contributed by atoms with Gasteiger partial charge in [0.15, 0.2) is 0 Å². The van der Waals surface area contributed by atoms with Crippen LogP contribution < -0.4 is 5.73 Å². The molecule has 0 bridgehead atoms. The summed E-state index contributed by atoms with van der Waals surface area (Å²) in [6, 6.07) is 5.89. The number of halogens is 1. The summed E-state index contributed by atoms with van der Waals surface area (Å²) in [5.74, 6) is -0.938. The van der Waals surface area contributed by atoms with Crippen molar-refractivity contribution in [1.29, 1.82) is 0 Å². The number of amides is 1. The highest BCUT2D eigenvalue weighted by Gasteiger charge is 2.27. The molecule has 2 rings (SSSR count). The van der Waals surface area contributed by atoms with Gasteiger partial charge in [0.25, 0.3) is 5.91 Å². The molecule has 1 amide bonds. The molecular formula is C13H16FN3O2. The van der Waals surface area contributed by atoms with E-state index in [4.69, 9.17) is 10.9 Å². The molecule has 0 spiro atoms. The Hall–Kier alpha value is -2.11. The van der Waals surface area contributed by atoms with Gasteiger partial charge in [-0.15, -0.1) is 0 Å². The molecular weight excluding hydrogens is 249 g/mol. The van der Waals surface area contributed by atoms with Crippen LogP contribution >= 0.6 is 0 Å². The lowest BCUT2D eigenvalue weighted by Crippen LogP contribution is -2.44. The first-order chi connectivity index (χ1) is 9.13. The lowest BCUT2D eigenvalue weighted by Gasteiger charge is -2.32. The molecule has 1 atom stereocenters. The van der Waals surface area contributed by atoms with Gasteiger partial charge >= 0.3 is 0 Å². The van der Waals surface area contributed by atoms with Crippen molar-refractivity contribution in [3.8, 4) is 0 Å². The number of benzene rings is 1. The largest absolute Gasteiger partial charge is 0.409 e. The van der Waals surface area contributed by atoms with Gasteiger partial charge in [0.05, 0.1) is 5.56 Å². The highest BCUT2D eigenvalue weighted by atomic mass is 19.1. The van der Waals surface area contributed by atoms with Crippen LogP contribution in [-0.2, 0) is 0 Å². The van der Waals surface area contributed by atoms with Crippen molar-refractivity contribution in [1.82, 2.24) is 4.90 Å². The Kier molecular flexibility index (Phi) is 3.99. The number of likely N-dealkylation sites (tertiary alicyclic amines) is 1. The molecule has 3 N–H and O–H groups in total. The van der Waals surface area contributed by atoms with Crippen LogP contribution in [0.25, 0.3) is 0 Å². The lowest BCUT2D eigenvalue weighted by atomic mass is 9.96. The van der Waals surface area contributed by atoms with E-state index in [-0.39, 0.29) is 23.2 Å². The molecule has 1 aliphatic heterocycles. The van der Waals surface area contributed by atoms with Crippen molar-refractivity contribution in [3.63, 3.8) is 0 Å². The predicted molar refractivity (Wildman–Crippen MR) is 68.4 cm³/mol. The summed E-state index contributed by atoms with van der Waals surface area (Å²) in [7, 11) is 0. The van der Waals surface area contributed by atoms with Crippen molar-refractivity contribution in [2.24, 2.45) is 16.8 Å². The Bertz CT molecular complexity index is 504. The van der Waals surface area contributed by atoms with Crippen LogP contribution in [0, 0.1) is 11.7 Å². The summed E-state index contributed by atoms with van der Waals surface area (Å²) in [6.07, 6.45) is 1.51. The second kappa shape index (κ2) is 5.69. The molecule has 19 heavy (non-hydrogen) atoms. The first-order valence-electron chi connectivity index (χ1n) is 6.14. The minimum atomic E-state index is -0.529. The van der Waals surface area contributed by atoms with Crippen molar-refractivity contribution < 1.29 is 14.4 Å². The number of hydrogen-bond donors (Lipinski definition) is 2. The van der Waals surface area contributed by atoms with Crippen LogP contribution in [0.3, 0.4) is 0 Å². The third kappa shape index (κ3) is 2.83. The van der Waals surface area contributed by atoms with Gasteiger partial charge in [0.2, 0.25) is 0 Å². The molecule has 1 saturated heterocycles. The van der Waals surface area contributed by atoms with E-state index < -0.39 is 5.82 Å². The summed E-state index contributed by atoms with van der Waals surface area (Å²) < 4.78 is 13.6. The highest BCUT2D eigenvalue weighted by molar-refractivity contribution is 5.95. The zero-order valence-electron chi connectivity index (χ0n) is 10.4. The summed E-state index contributed by atoms with van der Waals surface area (Å²) in [6.45, 7) is 0.908. The number of piperidine rings is 1. The van der Waals surface area contributed by atoms with E-state index in [0.29, 0.717) is 13.1 Å². The second-order valence-electron chi connectivity index (χ2n) is 4.60. The number of nitrogens with two attached hydrogens (primary N) is 1. The topological polar surface area (TPSA) is 78.9 Å². The van der Waals surface area contributed by atoms with Crippen molar-refractivity contribution in [2.75, 3.05) is 13.1 Å². The number of nitrogens with zero attached hydrogens (tertiary/aromatic N) is 2. The maximum Gasteiger partial charge on any atom is 0.256 e. The molecule has 1 aromatic rings. The summed E-state index contributed by atoms with van der Waals surface area (Å²) in [4.78, 5) is 13.8. The summed E-state index contributed by atoms with van der Waals surface area (Å²) in [5, 5.41) is 11.7. The number of rotatable bonds is 2. The van der Waals surface area contributed by atoms with Crippen LogP contribution in [0.5, 0.6) is 0 Å². The van der Waals surface area contributed by atoms with Gasteiger partial charge in [-0.25, -0.2) is 4.39 Å². The average molecular weight is 265 g/mol. The van der Waals surface area contributed by atoms with Gasteiger partial charge in [0.1, 0.15) is 11.7 Å². The van der Waals surface area contributed by atoms with E-state index in [9.17, 15) is 9.18 Å². The number of amidine groups is 1. The van der Waals surface area contributed by atoms with E-state index in [0.717, 1.165) is 12.8 Å². The number of hydrogen-bond acceptors (Lipinski definition) is 3. The molecule has 0 radical (unpaired) electrons. The molecule has 1 unspecified atom stereocenters. The quantitative estimate of drug-likeness (QED) is 0.367. The predicted octanol–water partition coefficient (Wildman–Crippen LogP) is 1.42. The minimum absolute atomic E-state index is 0.0580. The lowest BCUT2D eigenvalue weighted by molar-refractivity contribution is 0.0696. The molecule has 0 saturated carbocycles. The Labute approximate surface area is 110 Å². The third-order valence-corrected chi connectivity index (χ3v) is 3.35. The van der Waals surface area contributed by atoms with E-state index in [1.165, 1.54) is 12.1 Å². The molecule has 102 valence electrons. The standard InChI is InChI=1S/C13H16FN3O2/c14-11-6-2-1-5-10(11)13(18)17-7-3-4-9(8-17)12(15)16-19/h1-2,5-6,9,19H,3-4,7-8H2,(H2,15,16). The third-order valence-electron chi connectivity index (χ3n) is 3.35. The molecule has 1 aromatic carbocycles. The maximum atomic E-state index is 13.6. The van der Waals surface area contributed by atoms with Gasteiger partial charge in [-0.05, 0) is 25.0 Å². The average Bonchev–Trinajstić information content (AvgIpc) is 2.46. The SMILES string of the molecule is NC(=NO)C1CCCN(C(=O)c2ccccc2F)C1. The maximum absolute atomic E-state index is 13.6. The first-order valence-corrected chi connectivity index (χ1v) is 6.14. The summed E-state index contributed by atoms with van der Waals surface area (Å²) in [5.41, 5.74) is 5.62. The molecule has 1 aliphatic rings. The number of oxime groups is 1. The molecule has 1 fully saturated rings. The fourth-order valence-corrected chi connectivity index (χ4v) is 2.29. The highest BCUT2D eigenvalue weighted by Crippen LogP contribution is 2.19. The fourth-order valence-electron chi connectivity index (χ4n) is 2.29. The first kappa shape index (κ1) is 13.3. The van der Waals surface area contributed by atoms with Gasteiger partial charge in [0, 0.05) is 19.0 Å². The van der Waals surface area contributed by atoms with Gasteiger partial charge in [-0.3, -0.25) is 4.79 Å². The van der Waals surface area contributed by atoms with Crippen LogP contribution in [0.15, 0.2) is 29.4 Å². The van der Waals surface area contributed by atoms with Crippen molar-refractivity contribution in [3.05, 3.63) is 35.6 Å². The van der Waals surface area contributed by atoms with Crippen LogP contribution in [-0.4, -0.2) is 34.9 Å². The molecule has 0 aliphatic carbocycles. The van der Waals surface area contributed by atoms with E-state index in [1.54, 1.807) is 17.0 Å². The summed E-state index contributed by atoms with van der Waals surface area (Å²) >= 11 is 0. The van der Waals surface area contributed by atoms with E-state index in [1.807, 2.05) is 0 Å². The van der Waals surface area contributed by atoms with Gasteiger partial charge in [-0.2, -0.15) is 0 Å². The smallest absolute Gasteiger partial charge is 0.256 e. The fraction of sp³-hybridized carbons (Fsp3) is 0.385. The molecule has 0 aromatic heterocycles. The Morgan fingerprint density at radius 1 is 1.47 bits per heavy atom. The van der Waals surface area contributed by atoms with Gasteiger partial charge < -0.3 is 15.8 Å². The number of carbonyl (C=O) groups excluding carboxylic acids is 1. The van der Waals surface area contributed by atoms with E-state index >= 15 is 0 Å². The Morgan fingerprint density at radius 2 is 2.21 bits per heavy atom. The molecule has 5 nitrogen and oxygen atoms in total. The minimum Gasteiger partial charge on any atom is -0.409 e. The Balaban J connectivity index is 2.14. The van der Waals surface area contributed by atoms with E-state index in [2.05, 4.69) is 5.16 Å². The van der Waals surface area contributed by atoms with Gasteiger partial charge in [-0.1, -0.05) is 17.3 Å². The second-order valence-corrected chi connectivity index (χ2v) is 4.60. The van der Waals surface area contributed by atoms with Crippen molar-refractivity contribution in [2.45, 2.75) is 12.8 Å². The van der Waals surface area contributed by atoms with Crippen molar-refractivity contribution >= 4 is 11.7 Å². The molecule has 1 heterocycles. The van der Waals surface area contributed by atoms with Crippen LogP contribution in [0.4, 0.5) is 4.39 Å². The zero-order valence-corrected chi connectivity index (χ0v) is 10.4. The van der Waals surface area contributed by atoms with Crippen LogP contribution in [0.2, 0.25) is 0 Å².